The molecule has 1 atom stereocenters. The Labute approximate surface area is 213 Å². The molecule has 4 rings (SSSR count). The van der Waals surface area contributed by atoms with Crippen molar-refractivity contribution in [1.29, 1.82) is 0 Å². The number of hydrogen-bond acceptors (Lipinski definition) is 4. The lowest BCUT2D eigenvalue weighted by atomic mass is 9.96. The monoisotopic (exact) mass is 521 g/mol. The zero-order valence-electron chi connectivity index (χ0n) is 19.2. The average Bonchev–Trinajstić information content (AvgIpc) is 3.22. The van der Waals surface area contributed by atoms with Crippen LogP contribution in [-0.2, 0) is 9.53 Å². The van der Waals surface area contributed by atoms with Gasteiger partial charge in [-0.1, -0.05) is 30.1 Å². The molecule has 2 fully saturated rings. The largest absolute Gasteiger partial charge is 0.354 e. The van der Waals surface area contributed by atoms with E-state index in [2.05, 4.69) is 5.32 Å². The maximum Gasteiger partial charge on any atom is 0.256 e. The van der Waals surface area contributed by atoms with E-state index in [1.54, 1.807) is 17.0 Å². The highest BCUT2D eigenvalue weighted by atomic mass is 35.5. The number of carbonyl (C=O) groups excluding carboxylic acids is 3. The molecule has 2 heterocycles. The molecule has 35 heavy (non-hydrogen) atoms. The Morgan fingerprint density at radius 2 is 1.69 bits per heavy atom. The third kappa shape index (κ3) is 5.15. The van der Waals surface area contributed by atoms with Gasteiger partial charge in [-0.25, -0.2) is 4.39 Å². The highest BCUT2D eigenvalue weighted by Gasteiger charge is 2.54. The van der Waals surface area contributed by atoms with Gasteiger partial charge in [-0.3, -0.25) is 19.3 Å². The van der Waals surface area contributed by atoms with Gasteiger partial charge in [0.05, 0.1) is 16.7 Å². The third-order valence-corrected chi connectivity index (χ3v) is 7.16. The van der Waals surface area contributed by atoms with Gasteiger partial charge in [0, 0.05) is 43.6 Å². The summed E-state index contributed by atoms with van der Waals surface area (Å²) in [5.41, 5.74) is -0.369. The number of nitrogens with zero attached hydrogens (tertiary/aromatic N) is 2. The molecule has 0 radical (unpaired) electrons. The predicted octanol–water partition coefficient (Wildman–Crippen LogP) is 4.13. The third-order valence-electron chi connectivity index (χ3n) is 6.42. The van der Waals surface area contributed by atoms with Gasteiger partial charge >= 0.3 is 0 Å². The molecule has 0 saturated carbocycles. The van der Waals surface area contributed by atoms with Crippen LogP contribution in [0.1, 0.15) is 46.9 Å². The molecule has 7 nitrogen and oxygen atoms in total. The van der Waals surface area contributed by atoms with E-state index in [1.165, 1.54) is 35.2 Å². The van der Waals surface area contributed by atoms with Crippen molar-refractivity contribution in [3.05, 3.63) is 69.5 Å². The molecule has 2 saturated heterocycles. The fourth-order valence-electron chi connectivity index (χ4n) is 4.54. The Balaban J connectivity index is 1.56. The minimum Gasteiger partial charge on any atom is -0.354 e. The van der Waals surface area contributed by atoms with Gasteiger partial charge < -0.3 is 15.0 Å². The van der Waals surface area contributed by atoms with Crippen molar-refractivity contribution in [2.24, 2.45) is 0 Å². The van der Waals surface area contributed by atoms with Crippen LogP contribution >= 0.6 is 23.2 Å². The predicted molar refractivity (Wildman–Crippen MR) is 130 cm³/mol. The van der Waals surface area contributed by atoms with E-state index >= 15 is 0 Å². The SMILES string of the molecule is CCCNC(=O)C1COC2(CCN(C(=O)c3ccc(Cl)c(Cl)c3)CC2)N1C(=O)c1ccc(F)cc1. The second-order valence-electron chi connectivity index (χ2n) is 8.67. The number of halogens is 3. The lowest BCUT2D eigenvalue weighted by Crippen LogP contribution is -2.59. The van der Waals surface area contributed by atoms with Gasteiger partial charge in [0.15, 0.2) is 0 Å². The van der Waals surface area contributed by atoms with Gasteiger partial charge in [-0.2, -0.15) is 0 Å². The van der Waals surface area contributed by atoms with Gasteiger partial charge in [-0.05, 0) is 48.9 Å². The summed E-state index contributed by atoms with van der Waals surface area (Å²) in [5.74, 6) is -1.37. The van der Waals surface area contributed by atoms with Crippen LogP contribution in [0.2, 0.25) is 10.0 Å². The minimum absolute atomic E-state index is 0.0449. The van der Waals surface area contributed by atoms with E-state index in [4.69, 9.17) is 27.9 Å². The number of carbonyl (C=O) groups is 3. The molecule has 1 N–H and O–H groups in total. The van der Waals surface area contributed by atoms with Crippen molar-refractivity contribution in [1.82, 2.24) is 15.1 Å². The lowest BCUT2D eigenvalue weighted by Gasteiger charge is -2.44. The van der Waals surface area contributed by atoms with Crippen LogP contribution in [0.4, 0.5) is 4.39 Å². The minimum atomic E-state index is -1.05. The fourth-order valence-corrected chi connectivity index (χ4v) is 4.83. The van der Waals surface area contributed by atoms with Gasteiger partial charge in [-0.15, -0.1) is 0 Å². The van der Waals surface area contributed by atoms with Crippen LogP contribution < -0.4 is 5.32 Å². The number of rotatable bonds is 5. The summed E-state index contributed by atoms with van der Waals surface area (Å²) >= 11 is 12.0. The molecule has 2 aliphatic rings. The molecule has 2 aromatic rings. The summed E-state index contributed by atoms with van der Waals surface area (Å²) in [7, 11) is 0. The van der Waals surface area contributed by atoms with Crippen molar-refractivity contribution in [2.75, 3.05) is 26.2 Å². The smallest absolute Gasteiger partial charge is 0.256 e. The Morgan fingerprint density at radius 1 is 1.03 bits per heavy atom. The summed E-state index contributed by atoms with van der Waals surface area (Å²) < 4.78 is 19.6. The first kappa shape index (κ1) is 25.4. The van der Waals surface area contributed by atoms with E-state index in [0.717, 1.165) is 6.42 Å². The first-order chi connectivity index (χ1) is 16.8. The van der Waals surface area contributed by atoms with Crippen molar-refractivity contribution >= 4 is 40.9 Å². The van der Waals surface area contributed by atoms with Crippen molar-refractivity contribution in [3.8, 4) is 0 Å². The Kier molecular flexibility index (Phi) is 7.64. The van der Waals surface area contributed by atoms with Gasteiger partial charge in [0.25, 0.3) is 11.8 Å². The summed E-state index contributed by atoms with van der Waals surface area (Å²) in [6.07, 6.45) is 1.40. The number of piperidine rings is 1. The standard InChI is InChI=1S/C25H26Cl2FN3O4/c1-2-11-29-22(32)21-15-35-25(31(21)24(34)16-3-6-18(28)7-4-16)9-12-30(13-10-25)23(33)17-5-8-19(26)20(27)14-17/h3-8,14,21H,2,9-13,15H2,1H3,(H,29,32). The quantitative estimate of drug-likeness (QED) is 0.641. The number of nitrogens with one attached hydrogen (secondary N) is 1. The van der Waals surface area contributed by atoms with Crippen LogP contribution in [0, 0.1) is 5.82 Å². The van der Waals surface area contributed by atoms with E-state index in [1.807, 2.05) is 6.92 Å². The number of likely N-dealkylation sites (tertiary alicyclic amines) is 1. The topological polar surface area (TPSA) is 79.0 Å². The Bertz CT molecular complexity index is 1120. The van der Waals surface area contributed by atoms with Crippen molar-refractivity contribution < 1.29 is 23.5 Å². The first-order valence-corrected chi connectivity index (χ1v) is 12.3. The summed E-state index contributed by atoms with van der Waals surface area (Å²) in [5, 5.41) is 3.50. The molecule has 186 valence electrons. The second kappa shape index (κ2) is 10.5. The van der Waals surface area contributed by atoms with Crippen LogP contribution in [0.3, 0.4) is 0 Å². The first-order valence-electron chi connectivity index (χ1n) is 11.5. The number of benzene rings is 2. The van der Waals surface area contributed by atoms with Gasteiger partial charge in [0.2, 0.25) is 5.91 Å². The normalized spacial score (nSPS) is 19.1. The van der Waals surface area contributed by atoms with E-state index in [-0.39, 0.29) is 24.0 Å². The molecule has 10 heteroatoms. The molecule has 1 spiro atoms. The van der Waals surface area contributed by atoms with Crippen molar-refractivity contribution in [2.45, 2.75) is 38.0 Å². The van der Waals surface area contributed by atoms with E-state index in [9.17, 15) is 18.8 Å². The summed E-state index contributed by atoms with van der Waals surface area (Å²) in [6.45, 7) is 3.09. The Hall–Kier alpha value is -2.68. The average molecular weight is 522 g/mol. The van der Waals surface area contributed by atoms with E-state index in [0.29, 0.717) is 48.1 Å². The van der Waals surface area contributed by atoms with E-state index < -0.39 is 23.5 Å². The maximum absolute atomic E-state index is 13.6. The summed E-state index contributed by atoms with van der Waals surface area (Å²) in [6, 6.07) is 9.11. The number of ether oxygens (including phenoxy) is 1. The second-order valence-corrected chi connectivity index (χ2v) is 9.48. The van der Waals surface area contributed by atoms with Crippen molar-refractivity contribution in [3.63, 3.8) is 0 Å². The maximum atomic E-state index is 13.6. The fraction of sp³-hybridized carbons (Fsp3) is 0.400. The van der Waals surface area contributed by atoms with Crippen LogP contribution in [0.25, 0.3) is 0 Å². The zero-order valence-corrected chi connectivity index (χ0v) is 20.7. The molecule has 1 unspecified atom stereocenters. The molecule has 2 aromatic carbocycles. The highest BCUT2D eigenvalue weighted by Crippen LogP contribution is 2.39. The van der Waals surface area contributed by atoms with Crippen LogP contribution in [0.15, 0.2) is 42.5 Å². The molecule has 2 aliphatic heterocycles. The van der Waals surface area contributed by atoms with Crippen LogP contribution in [0.5, 0.6) is 0 Å². The molecule has 0 bridgehead atoms. The lowest BCUT2D eigenvalue weighted by molar-refractivity contribution is -0.128. The van der Waals surface area contributed by atoms with Crippen LogP contribution in [-0.4, -0.2) is 65.5 Å². The van der Waals surface area contributed by atoms with Gasteiger partial charge in [0.1, 0.15) is 17.6 Å². The highest BCUT2D eigenvalue weighted by molar-refractivity contribution is 6.42. The molecular weight excluding hydrogens is 496 g/mol. The zero-order chi connectivity index (χ0) is 25.2. The summed E-state index contributed by atoms with van der Waals surface area (Å²) in [4.78, 5) is 42.7. The molecule has 0 aliphatic carbocycles. The molecule has 0 aromatic heterocycles. The number of amides is 3. The molecular formula is C25H26Cl2FN3O4. The Morgan fingerprint density at radius 3 is 2.31 bits per heavy atom. The molecule has 3 amide bonds. The number of hydrogen-bond donors (Lipinski definition) is 1.